The summed E-state index contributed by atoms with van der Waals surface area (Å²) in [4.78, 5) is 7.66. The molecular weight excluding hydrogens is 198 g/mol. The molecule has 2 fully saturated rings. The van der Waals surface area contributed by atoms with Gasteiger partial charge in [0.2, 0.25) is 0 Å². The Morgan fingerprint density at radius 2 is 1.62 bits per heavy atom. The lowest BCUT2D eigenvalue weighted by atomic mass is 10.0. The number of hydrogen-bond donors (Lipinski definition) is 0. The topological polar surface area (TPSA) is 9.72 Å². The standard InChI is InChI=1S/C13H27N3/c1-11-7-16(8-12(2)15(11)4)10-13-5-6-14(3)9-13/h11-13H,5-10H2,1-4H3. The number of likely N-dealkylation sites (N-methyl/N-ethyl adjacent to an activating group) is 1. The van der Waals surface area contributed by atoms with Crippen molar-refractivity contribution in [3.8, 4) is 0 Å². The van der Waals surface area contributed by atoms with E-state index >= 15 is 0 Å². The van der Waals surface area contributed by atoms with Gasteiger partial charge in [-0.25, -0.2) is 0 Å². The second-order valence-corrected chi connectivity index (χ2v) is 6.00. The molecule has 0 spiro atoms. The smallest absolute Gasteiger partial charge is 0.0195 e. The van der Waals surface area contributed by atoms with E-state index in [9.17, 15) is 0 Å². The van der Waals surface area contributed by atoms with Crippen LogP contribution in [0, 0.1) is 5.92 Å². The first-order valence-corrected chi connectivity index (χ1v) is 6.69. The van der Waals surface area contributed by atoms with E-state index in [4.69, 9.17) is 0 Å². The van der Waals surface area contributed by atoms with Crippen molar-refractivity contribution in [3.05, 3.63) is 0 Å². The van der Waals surface area contributed by atoms with Crippen LogP contribution in [-0.2, 0) is 0 Å². The fourth-order valence-corrected chi connectivity index (χ4v) is 3.20. The fraction of sp³-hybridized carbons (Fsp3) is 1.00. The second kappa shape index (κ2) is 5.03. The molecule has 0 aliphatic carbocycles. The first-order valence-electron chi connectivity index (χ1n) is 6.69. The number of hydrogen-bond acceptors (Lipinski definition) is 3. The Hall–Kier alpha value is -0.120. The van der Waals surface area contributed by atoms with E-state index in [1.54, 1.807) is 0 Å². The molecule has 0 N–H and O–H groups in total. The van der Waals surface area contributed by atoms with Gasteiger partial charge in [0.25, 0.3) is 0 Å². The van der Waals surface area contributed by atoms with E-state index in [1.165, 1.54) is 39.1 Å². The zero-order chi connectivity index (χ0) is 11.7. The Bertz CT molecular complexity index is 219. The zero-order valence-electron chi connectivity index (χ0n) is 11.3. The van der Waals surface area contributed by atoms with Crippen molar-refractivity contribution in [3.63, 3.8) is 0 Å². The first-order chi connectivity index (χ1) is 7.56. The monoisotopic (exact) mass is 225 g/mol. The minimum absolute atomic E-state index is 0.711. The molecular formula is C13H27N3. The van der Waals surface area contributed by atoms with Gasteiger partial charge < -0.3 is 4.90 Å². The molecule has 3 nitrogen and oxygen atoms in total. The molecule has 0 bridgehead atoms. The molecule has 2 heterocycles. The van der Waals surface area contributed by atoms with Gasteiger partial charge in [0.05, 0.1) is 0 Å². The lowest BCUT2D eigenvalue weighted by Crippen LogP contribution is -2.55. The van der Waals surface area contributed by atoms with E-state index in [-0.39, 0.29) is 0 Å². The maximum Gasteiger partial charge on any atom is 0.0195 e. The summed E-state index contributed by atoms with van der Waals surface area (Å²) in [6.07, 6.45) is 1.39. The van der Waals surface area contributed by atoms with Crippen LogP contribution in [0.1, 0.15) is 20.3 Å². The summed E-state index contributed by atoms with van der Waals surface area (Å²) < 4.78 is 0. The van der Waals surface area contributed by atoms with Crippen LogP contribution in [0.15, 0.2) is 0 Å². The van der Waals surface area contributed by atoms with Crippen LogP contribution < -0.4 is 0 Å². The highest BCUT2D eigenvalue weighted by atomic mass is 15.3. The minimum Gasteiger partial charge on any atom is -0.306 e. The minimum atomic E-state index is 0.711. The Labute approximate surface area is 100 Å². The SMILES string of the molecule is CC1CN(CC2CCN(C)C2)CC(C)N1C. The lowest BCUT2D eigenvalue weighted by Gasteiger charge is -2.43. The first kappa shape index (κ1) is 12.3. The van der Waals surface area contributed by atoms with E-state index < -0.39 is 0 Å². The van der Waals surface area contributed by atoms with Gasteiger partial charge in [0.1, 0.15) is 0 Å². The third-order valence-corrected chi connectivity index (χ3v) is 4.44. The molecule has 0 saturated carbocycles. The Kier molecular flexibility index (Phi) is 3.88. The molecule has 2 aliphatic heterocycles. The van der Waals surface area contributed by atoms with Crippen molar-refractivity contribution in [2.45, 2.75) is 32.4 Å². The van der Waals surface area contributed by atoms with Crippen molar-refractivity contribution in [2.75, 3.05) is 46.8 Å². The third kappa shape index (κ3) is 2.76. The van der Waals surface area contributed by atoms with E-state index in [0.717, 1.165) is 5.92 Å². The molecule has 0 aromatic rings. The van der Waals surface area contributed by atoms with Crippen LogP contribution in [0.2, 0.25) is 0 Å². The van der Waals surface area contributed by atoms with Crippen LogP contribution in [0.4, 0.5) is 0 Å². The highest BCUT2D eigenvalue weighted by Crippen LogP contribution is 2.19. The van der Waals surface area contributed by atoms with Gasteiger partial charge in [-0.05, 0) is 46.8 Å². The summed E-state index contributed by atoms with van der Waals surface area (Å²) in [5.74, 6) is 0.910. The second-order valence-electron chi connectivity index (χ2n) is 6.00. The number of piperazine rings is 1. The van der Waals surface area contributed by atoms with E-state index in [2.05, 4.69) is 42.6 Å². The van der Waals surface area contributed by atoms with E-state index in [1.807, 2.05) is 0 Å². The van der Waals surface area contributed by atoms with Crippen molar-refractivity contribution < 1.29 is 0 Å². The molecule has 0 aromatic heterocycles. The molecule has 2 saturated heterocycles. The molecule has 3 atom stereocenters. The quantitative estimate of drug-likeness (QED) is 0.693. The predicted molar refractivity (Wildman–Crippen MR) is 68.7 cm³/mol. The van der Waals surface area contributed by atoms with Crippen molar-refractivity contribution >= 4 is 0 Å². The van der Waals surface area contributed by atoms with Gasteiger partial charge in [-0.15, -0.1) is 0 Å². The summed E-state index contributed by atoms with van der Waals surface area (Å²) in [6, 6.07) is 1.42. The van der Waals surface area contributed by atoms with Gasteiger partial charge in [-0.1, -0.05) is 0 Å². The van der Waals surface area contributed by atoms with Crippen LogP contribution in [0.5, 0.6) is 0 Å². The normalized spacial score (nSPS) is 39.4. The molecule has 16 heavy (non-hydrogen) atoms. The number of rotatable bonds is 2. The van der Waals surface area contributed by atoms with Gasteiger partial charge in [-0.2, -0.15) is 0 Å². The zero-order valence-corrected chi connectivity index (χ0v) is 11.3. The highest BCUT2D eigenvalue weighted by Gasteiger charge is 2.29. The Morgan fingerprint density at radius 3 is 2.12 bits per heavy atom. The van der Waals surface area contributed by atoms with Gasteiger partial charge in [0.15, 0.2) is 0 Å². The van der Waals surface area contributed by atoms with Crippen LogP contribution in [-0.4, -0.2) is 73.6 Å². The maximum atomic E-state index is 2.68. The van der Waals surface area contributed by atoms with Crippen LogP contribution >= 0.6 is 0 Å². The van der Waals surface area contributed by atoms with Gasteiger partial charge in [-0.3, -0.25) is 9.80 Å². The van der Waals surface area contributed by atoms with Crippen molar-refractivity contribution in [1.29, 1.82) is 0 Å². The molecule has 2 rings (SSSR count). The third-order valence-electron chi connectivity index (χ3n) is 4.44. The van der Waals surface area contributed by atoms with Crippen molar-refractivity contribution in [1.82, 2.24) is 14.7 Å². The fourth-order valence-electron chi connectivity index (χ4n) is 3.20. The summed E-state index contributed by atoms with van der Waals surface area (Å²) in [7, 11) is 4.51. The summed E-state index contributed by atoms with van der Waals surface area (Å²) in [5, 5.41) is 0. The molecule has 3 unspecified atom stereocenters. The Balaban J connectivity index is 1.82. The molecule has 0 aromatic carbocycles. The van der Waals surface area contributed by atoms with Crippen LogP contribution in [0.3, 0.4) is 0 Å². The molecule has 2 aliphatic rings. The molecule has 94 valence electrons. The average Bonchev–Trinajstić information content (AvgIpc) is 2.60. The molecule has 0 radical (unpaired) electrons. The molecule has 3 heteroatoms. The highest BCUT2D eigenvalue weighted by molar-refractivity contribution is 4.85. The number of likely N-dealkylation sites (tertiary alicyclic amines) is 1. The summed E-state index contributed by atoms with van der Waals surface area (Å²) >= 11 is 0. The van der Waals surface area contributed by atoms with Gasteiger partial charge >= 0.3 is 0 Å². The predicted octanol–water partition coefficient (Wildman–Crippen LogP) is 0.963. The van der Waals surface area contributed by atoms with Crippen LogP contribution in [0.25, 0.3) is 0 Å². The summed E-state index contributed by atoms with van der Waals surface area (Å²) in [6.45, 7) is 11.1. The van der Waals surface area contributed by atoms with Crippen molar-refractivity contribution in [2.24, 2.45) is 5.92 Å². The largest absolute Gasteiger partial charge is 0.306 e. The lowest BCUT2D eigenvalue weighted by molar-refractivity contribution is 0.0515. The maximum absolute atomic E-state index is 2.68. The Morgan fingerprint density at radius 1 is 1.00 bits per heavy atom. The average molecular weight is 225 g/mol. The van der Waals surface area contributed by atoms with E-state index in [0.29, 0.717) is 12.1 Å². The van der Waals surface area contributed by atoms with Gasteiger partial charge in [0, 0.05) is 38.3 Å². The summed E-state index contributed by atoms with van der Waals surface area (Å²) in [5.41, 5.74) is 0. The molecule has 0 amide bonds. The number of nitrogens with zero attached hydrogens (tertiary/aromatic N) is 3.